The molecule has 5 rings (SSSR count). The molecule has 0 saturated heterocycles. The van der Waals surface area contributed by atoms with Crippen molar-refractivity contribution < 1.29 is 18.7 Å². The molecule has 2 amide bonds. The maximum atomic E-state index is 12.5. The zero-order chi connectivity index (χ0) is 24.0. The number of benzene rings is 3. The van der Waals surface area contributed by atoms with E-state index in [1.165, 1.54) is 0 Å². The van der Waals surface area contributed by atoms with Crippen LogP contribution in [0.4, 0.5) is 11.4 Å². The number of furan rings is 1. The molecular formula is C28H21N3O4. The number of pyridine rings is 1. The minimum atomic E-state index is -0.331. The van der Waals surface area contributed by atoms with Gasteiger partial charge < -0.3 is 19.8 Å². The average Bonchev–Trinajstić information content (AvgIpc) is 3.32. The molecule has 0 radical (unpaired) electrons. The van der Waals surface area contributed by atoms with E-state index in [9.17, 15) is 9.59 Å². The van der Waals surface area contributed by atoms with Gasteiger partial charge in [-0.05, 0) is 66.2 Å². The largest absolute Gasteiger partial charge is 0.457 e. The summed E-state index contributed by atoms with van der Waals surface area (Å²) >= 11 is 0. The number of hydrogen-bond acceptors (Lipinski definition) is 5. The summed E-state index contributed by atoms with van der Waals surface area (Å²) in [7, 11) is 0. The van der Waals surface area contributed by atoms with E-state index in [0.29, 0.717) is 28.5 Å². The van der Waals surface area contributed by atoms with Gasteiger partial charge in [0.15, 0.2) is 5.76 Å². The van der Waals surface area contributed by atoms with Crippen molar-refractivity contribution in [3.8, 4) is 11.5 Å². The Morgan fingerprint density at radius 1 is 0.771 bits per heavy atom. The molecule has 0 aliphatic rings. The molecule has 0 bridgehead atoms. The first-order valence-electron chi connectivity index (χ1n) is 11.0. The fourth-order valence-electron chi connectivity index (χ4n) is 3.53. The van der Waals surface area contributed by atoms with E-state index in [0.717, 1.165) is 10.9 Å². The van der Waals surface area contributed by atoms with Crippen molar-refractivity contribution in [3.63, 3.8) is 0 Å². The molecule has 2 aromatic heterocycles. The molecule has 3 aromatic carbocycles. The van der Waals surface area contributed by atoms with E-state index < -0.39 is 0 Å². The molecule has 2 heterocycles. The van der Waals surface area contributed by atoms with Crippen LogP contribution in [-0.2, 0) is 11.2 Å². The number of carbonyl (C=O) groups excluding carboxylic acids is 2. The van der Waals surface area contributed by atoms with Gasteiger partial charge in [0.2, 0.25) is 5.91 Å². The number of aromatic nitrogens is 1. The second-order valence-corrected chi connectivity index (χ2v) is 7.83. The molecule has 5 aromatic rings. The Hall–Kier alpha value is -4.91. The van der Waals surface area contributed by atoms with Crippen LogP contribution in [0.15, 0.2) is 108 Å². The lowest BCUT2D eigenvalue weighted by Crippen LogP contribution is -2.14. The average molecular weight is 463 g/mol. The highest BCUT2D eigenvalue weighted by molar-refractivity contribution is 6.04. The van der Waals surface area contributed by atoms with Gasteiger partial charge in [-0.2, -0.15) is 0 Å². The van der Waals surface area contributed by atoms with Gasteiger partial charge in [0.25, 0.3) is 5.91 Å². The van der Waals surface area contributed by atoms with Gasteiger partial charge in [0.1, 0.15) is 17.1 Å². The van der Waals surface area contributed by atoms with Gasteiger partial charge in [0.05, 0.1) is 6.42 Å². The Balaban J connectivity index is 1.14. The number of rotatable bonds is 7. The lowest BCUT2D eigenvalue weighted by atomic mass is 10.1. The molecule has 0 spiro atoms. The number of anilines is 2. The van der Waals surface area contributed by atoms with Gasteiger partial charge in [-0.1, -0.05) is 30.3 Å². The summed E-state index contributed by atoms with van der Waals surface area (Å²) in [6, 6.07) is 27.0. The maximum Gasteiger partial charge on any atom is 0.291 e. The van der Waals surface area contributed by atoms with E-state index >= 15 is 0 Å². The monoisotopic (exact) mass is 463 g/mol. The van der Waals surface area contributed by atoms with E-state index in [2.05, 4.69) is 15.6 Å². The summed E-state index contributed by atoms with van der Waals surface area (Å²) in [5.74, 6) is 1.12. The van der Waals surface area contributed by atoms with Gasteiger partial charge in [-0.3, -0.25) is 14.6 Å². The van der Waals surface area contributed by atoms with Gasteiger partial charge in [0, 0.05) is 29.2 Å². The van der Waals surface area contributed by atoms with Crippen LogP contribution in [0.25, 0.3) is 11.0 Å². The summed E-state index contributed by atoms with van der Waals surface area (Å²) in [6.45, 7) is 0. The minimum absolute atomic E-state index is 0.146. The Morgan fingerprint density at radius 2 is 1.43 bits per heavy atom. The number of fused-ring (bicyclic) bond motifs is 1. The van der Waals surface area contributed by atoms with E-state index in [4.69, 9.17) is 9.15 Å². The lowest BCUT2D eigenvalue weighted by molar-refractivity contribution is -0.115. The predicted octanol–water partition coefficient (Wildman–Crippen LogP) is 6.05. The van der Waals surface area contributed by atoms with E-state index in [1.54, 1.807) is 79.1 Å². The second-order valence-electron chi connectivity index (χ2n) is 7.83. The first kappa shape index (κ1) is 21.9. The zero-order valence-electron chi connectivity index (χ0n) is 18.6. The Bertz CT molecular complexity index is 1430. The molecule has 172 valence electrons. The number of hydrogen-bond donors (Lipinski definition) is 2. The third kappa shape index (κ3) is 5.54. The molecule has 2 N–H and O–H groups in total. The highest BCUT2D eigenvalue weighted by Crippen LogP contribution is 2.23. The molecule has 7 nitrogen and oxygen atoms in total. The van der Waals surface area contributed by atoms with Gasteiger partial charge in [-0.25, -0.2) is 0 Å². The Morgan fingerprint density at radius 3 is 2.17 bits per heavy atom. The standard InChI is InChI=1S/C28H21N3O4/c32-27(30-21-9-11-23(12-10-21)34-24-13-15-29-16-14-24)17-19-5-7-22(8-6-19)31-28(33)26-18-20-3-1-2-4-25(20)35-26/h1-16,18H,17H2,(H,30,32)(H,31,33). The van der Waals surface area contributed by atoms with Crippen molar-refractivity contribution in [1.82, 2.24) is 4.98 Å². The fraction of sp³-hybridized carbons (Fsp3) is 0.0357. The third-order valence-electron chi connectivity index (χ3n) is 5.25. The molecule has 0 saturated carbocycles. The van der Waals surface area contributed by atoms with Crippen LogP contribution in [0.3, 0.4) is 0 Å². The van der Waals surface area contributed by atoms with Gasteiger partial charge >= 0.3 is 0 Å². The minimum Gasteiger partial charge on any atom is -0.457 e. The van der Waals surface area contributed by atoms with Crippen LogP contribution < -0.4 is 15.4 Å². The van der Waals surface area contributed by atoms with Crippen molar-refractivity contribution in [2.24, 2.45) is 0 Å². The molecular weight excluding hydrogens is 442 g/mol. The number of nitrogens with zero attached hydrogens (tertiary/aromatic N) is 1. The van der Waals surface area contributed by atoms with Crippen molar-refractivity contribution in [3.05, 3.63) is 115 Å². The van der Waals surface area contributed by atoms with Crippen LogP contribution in [0.1, 0.15) is 16.1 Å². The smallest absolute Gasteiger partial charge is 0.291 e. The summed E-state index contributed by atoms with van der Waals surface area (Å²) in [5, 5.41) is 6.56. The Labute approximate surface area is 201 Å². The van der Waals surface area contributed by atoms with Crippen LogP contribution in [0, 0.1) is 0 Å². The van der Waals surface area contributed by atoms with Crippen molar-refractivity contribution in [2.45, 2.75) is 6.42 Å². The summed E-state index contributed by atoms with van der Waals surface area (Å²) < 4.78 is 11.3. The molecule has 0 unspecified atom stereocenters. The SMILES string of the molecule is O=C(Cc1ccc(NC(=O)c2cc3ccccc3o2)cc1)Nc1ccc(Oc2ccncc2)cc1. The molecule has 0 aliphatic carbocycles. The molecule has 0 atom stereocenters. The molecule has 7 heteroatoms. The fourth-order valence-corrected chi connectivity index (χ4v) is 3.53. The van der Waals surface area contributed by atoms with Crippen LogP contribution >= 0.6 is 0 Å². The first-order valence-corrected chi connectivity index (χ1v) is 11.0. The van der Waals surface area contributed by atoms with Gasteiger partial charge in [-0.15, -0.1) is 0 Å². The number of ether oxygens (including phenoxy) is 1. The van der Waals surface area contributed by atoms with Crippen molar-refractivity contribution in [1.29, 1.82) is 0 Å². The lowest BCUT2D eigenvalue weighted by Gasteiger charge is -2.09. The first-order chi connectivity index (χ1) is 17.1. The zero-order valence-corrected chi connectivity index (χ0v) is 18.6. The predicted molar refractivity (Wildman–Crippen MR) is 134 cm³/mol. The van der Waals surface area contributed by atoms with Crippen molar-refractivity contribution in [2.75, 3.05) is 10.6 Å². The quantitative estimate of drug-likeness (QED) is 0.306. The number of amides is 2. The van der Waals surface area contributed by atoms with Crippen molar-refractivity contribution >= 4 is 34.2 Å². The normalized spacial score (nSPS) is 10.6. The summed E-state index contributed by atoms with van der Waals surface area (Å²) in [6.07, 6.45) is 3.52. The Kier molecular flexibility index (Phi) is 6.21. The summed E-state index contributed by atoms with van der Waals surface area (Å²) in [4.78, 5) is 28.9. The highest BCUT2D eigenvalue weighted by Gasteiger charge is 2.12. The summed E-state index contributed by atoms with van der Waals surface area (Å²) in [5.41, 5.74) is 2.77. The highest BCUT2D eigenvalue weighted by atomic mass is 16.5. The molecule has 0 fully saturated rings. The number of para-hydroxylation sites is 1. The third-order valence-corrected chi connectivity index (χ3v) is 5.25. The second kappa shape index (κ2) is 9.93. The van der Waals surface area contributed by atoms with E-state index in [1.807, 2.05) is 24.3 Å². The topological polar surface area (TPSA) is 93.5 Å². The van der Waals surface area contributed by atoms with Crippen LogP contribution in [0.2, 0.25) is 0 Å². The number of nitrogens with one attached hydrogen (secondary N) is 2. The van der Waals surface area contributed by atoms with Crippen LogP contribution in [-0.4, -0.2) is 16.8 Å². The molecule has 0 aliphatic heterocycles. The van der Waals surface area contributed by atoms with E-state index in [-0.39, 0.29) is 24.0 Å². The molecule has 35 heavy (non-hydrogen) atoms. The number of carbonyl (C=O) groups is 2. The van der Waals surface area contributed by atoms with Crippen LogP contribution in [0.5, 0.6) is 11.5 Å². The maximum absolute atomic E-state index is 12.5.